The average molecular weight is 377 g/mol. The molecule has 7 nitrogen and oxygen atoms in total. The molecule has 2 aromatic carbocycles. The fraction of sp³-hybridized carbons (Fsp3) is 0.190. The highest BCUT2D eigenvalue weighted by Gasteiger charge is 2.12. The van der Waals surface area contributed by atoms with Gasteiger partial charge in [-0.2, -0.15) is 0 Å². The topological polar surface area (TPSA) is 102 Å². The Morgan fingerprint density at radius 2 is 1.75 bits per heavy atom. The van der Waals surface area contributed by atoms with E-state index in [0.29, 0.717) is 29.5 Å². The van der Waals surface area contributed by atoms with Gasteiger partial charge in [0.15, 0.2) is 11.6 Å². The number of carbonyl (C=O) groups is 1. The molecule has 0 saturated carbocycles. The van der Waals surface area contributed by atoms with Gasteiger partial charge in [0.1, 0.15) is 12.0 Å². The molecule has 0 bridgehead atoms. The zero-order chi connectivity index (χ0) is 19.9. The number of carbonyl (C=O) groups excluding carboxylic acids is 1. The van der Waals surface area contributed by atoms with Crippen molar-refractivity contribution in [2.75, 3.05) is 23.0 Å². The predicted molar refractivity (Wildman–Crippen MR) is 111 cm³/mol. The van der Waals surface area contributed by atoms with Crippen molar-refractivity contribution in [3.8, 4) is 0 Å². The molecule has 0 aliphatic heterocycles. The van der Waals surface area contributed by atoms with E-state index in [1.165, 1.54) is 6.33 Å². The lowest BCUT2D eigenvalue weighted by atomic mass is 10.1. The zero-order valence-electron chi connectivity index (χ0n) is 15.8. The Morgan fingerprint density at radius 1 is 1.07 bits per heavy atom. The van der Waals surface area contributed by atoms with E-state index in [4.69, 9.17) is 10.5 Å². The van der Waals surface area contributed by atoms with Crippen LogP contribution in [-0.2, 0) is 4.74 Å². The van der Waals surface area contributed by atoms with Crippen molar-refractivity contribution in [1.29, 1.82) is 0 Å². The molecule has 1 atom stereocenters. The van der Waals surface area contributed by atoms with Gasteiger partial charge in [0.2, 0.25) is 0 Å². The zero-order valence-corrected chi connectivity index (χ0v) is 15.8. The summed E-state index contributed by atoms with van der Waals surface area (Å²) in [5.74, 6) is 0.690. The number of hydrogen-bond acceptors (Lipinski definition) is 7. The minimum atomic E-state index is -0.350. The quantitative estimate of drug-likeness (QED) is 0.532. The number of nitrogens with one attached hydrogen (secondary N) is 2. The number of hydrogen-bond donors (Lipinski definition) is 3. The molecule has 0 fully saturated rings. The van der Waals surface area contributed by atoms with E-state index in [9.17, 15) is 4.79 Å². The molecule has 0 spiro atoms. The molecule has 0 aliphatic rings. The number of aromatic nitrogens is 2. The Kier molecular flexibility index (Phi) is 6.06. The minimum Gasteiger partial charge on any atom is -0.462 e. The Labute approximate surface area is 164 Å². The second kappa shape index (κ2) is 8.85. The van der Waals surface area contributed by atoms with Crippen molar-refractivity contribution in [1.82, 2.24) is 9.97 Å². The third-order valence-electron chi connectivity index (χ3n) is 4.20. The first-order valence-electron chi connectivity index (χ1n) is 9.04. The predicted octanol–water partition coefficient (Wildman–Crippen LogP) is 4.15. The van der Waals surface area contributed by atoms with Gasteiger partial charge in [-0.3, -0.25) is 0 Å². The molecule has 1 heterocycles. The summed E-state index contributed by atoms with van der Waals surface area (Å²) in [6.07, 6.45) is 1.45. The summed E-state index contributed by atoms with van der Waals surface area (Å²) in [6.45, 7) is 4.15. The van der Waals surface area contributed by atoms with E-state index in [1.807, 2.05) is 37.3 Å². The lowest BCUT2D eigenvalue weighted by Gasteiger charge is -2.17. The molecule has 0 radical (unpaired) electrons. The summed E-state index contributed by atoms with van der Waals surface area (Å²) in [5.41, 5.74) is 9.04. The molecular weight excluding hydrogens is 354 g/mol. The van der Waals surface area contributed by atoms with Gasteiger partial charge >= 0.3 is 5.97 Å². The molecule has 1 unspecified atom stereocenters. The van der Waals surface area contributed by atoms with Crippen LogP contribution in [0.15, 0.2) is 60.9 Å². The smallest absolute Gasteiger partial charge is 0.338 e. The maximum atomic E-state index is 11.7. The number of anilines is 4. The van der Waals surface area contributed by atoms with Crippen LogP contribution < -0.4 is 16.4 Å². The van der Waals surface area contributed by atoms with Crippen LogP contribution in [-0.4, -0.2) is 22.5 Å². The fourth-order valence-electron chi connectivity index (χ4n) is 2.68. The lowest BCUT2D eigenvalue weighted by Crippen LogP contribution is -2.11. The normalized spacial score (nSPS) is 11.5. The molecular formula is C21H23N5O2. The van der Waals surface area contributed by atoms with Gasteiger partial charge in [-0.25, -0.2) is 14.8 Å². The second-order valence-electron chi connectivity index (χ2n) is 6.18. The van der Waals surface area contributed by atoms with Crippen LogP contribution in [0, 0.1) is 0 Å². The first-order chi connectivity index (χ1) is 13.6. The highest BCUT2D eigenvalue weighted by molar-refractivity contribution is 5.90. The second-order valence-corrected chi connectivity index (χ2v) is 6.18. The van der Waals surface area contributed by atoms with Gasteiger partial charge < -0.3 is 21.1 Å². The minimum absolute atomic E-state index is 0.0371. The van der Waals surface area contributed by atoms with Gasteiger partial charge in [0, 0.05) is 5.69 Å². The van der Waals surface area contributed by atoms with Crippen LogP contribution >= 0.6 is 0 Å². The largest absolute Gasteiger partial charge is 0.462 e. The fourth-order valence-corrected chi connectivity index (χ4v) is 2.68. The maximum absolute atomic E-state index is 11.7. The monoisotopic (exact) mass is 377 g/mol. The molecule has 144 valence electrons. The first kappa shape index (κ1) is 19.2. The van der Waals surface area contributed by atoms with E-state index in [1.54, 1.807) is 31.2 Å². The molecule has 4 N–H and O–H groups in total. The van der Waals surface area contributed by atoms with Crippen LogP contribution in [0.5, 0.6) is 0 Å². The average Bonchev–Trinajstić information content (AvgIpc) is 2.72. The van der Waals surface area contributed by atoms with Crippen LogP contribution in [0.2, 0.25) is 0 Å². The number of rotatable bonds is 7. The van der Waals surface area contributed by atoms with E-state index < -0.39 is 0 Å². The van der Waals surface area contributed by atoms with E-state index >= 15 is 0 Å². The van der Waals surface area contributed by atoms with Crippen molar-refractivity contribution >= 4 is 29.0 Å². The summed E-state index contributed by atoms with van der Waals surface area (Å²) >= 11 is 0. The summed E-state index contributed by atoms with van der Waals surface area (Å²) in [7, 11) is 0. The van der Waals surface area contributed by atoms with Crippen LogP contribution in [0.4, 0.5) is 23.0 Å². The summed E-state index contributed by atoms with van der Waals surface area (Å²) < 4.78 is 4.99. The van der Waals surface area contributed by atoms with Crippen molar-refractivity contribution < 1.29 is 9.53 Å². The molecule has 3 rings (SSSR count). The molecule has 0 aliphatic carbocycles. The Bertz CT molecular complexity index is 929. The van der Waals surface area contributed by atoms with Crippen LogP contribution in [0.3, 0.4) is 0 Å². The lowest BCUT2D eigenvalue weighted by molar-refractivity contribution is 0.0526. The maximum Gasteiger partial charge on any atom is 0.338 e. The van der Waals surface area contributed by atoms with Gasteiger partial charge in [-0.05, 0) is 43.7 Å². The van der Waals surface area contributed by atoms with Gasteiger partial charge in [0.05, 0.1) is 18.2 Å². The van der Waals surface area contributed by atoms with Gasteiger partial charge in [0.25, 0.3) is 0 Å². The van der Waals surface area contributed by atoms with E-state index in [-0.39, 0.29) is 12.0 Å². The molecule has 3 aromatic rings. The van der Waals surface area contributed by atoms with Crippen molar-refractivity contribution in [3.05, 3.63) is 72.1 Å². The highest BCUT2D eigenvalue weighted by atomic mass is 16.5. The highest BCUT2D eigenvalue weighted by Crippen LogP contribution is 2.28. The summed E-state index contributed by atoms with van der Waals surface area (Å²) in [5, 5.41) is 6.47. The number of nitrogens with zero attached hydrogens (tertiary/aromatic N) is 2. The Morgan fingerprint density at radius 3 is 2.43 bits per heavy atom. The number of nitrogen functional groups attached to an aromatic ring is 1. The first-order valence-corrected chi connectivity index (χ1v) is 9.04. The van der Waals surface area contributed by atoms with Crippen molar-refractivity contribution in [2.45, 2.75) is 19.9 Å². The third-order valence-corrected chi connectivity index (χ3v) is 4.20. The number of ether oxygens (including phenoxy) is 1. The van der Waals surface area contributed by atoms with Crippen molar-refractivity contribution in [3.63, 3.8) is 0 Å². The molecule has 0 saturated heterocycles. The third kappa shape index (κ3) is 4.56. The van der Waals surface area contributed by atoms with Crippen molar-refractivity contribution in [2.24, 2.45) is 0 Å². The Balaban J connectivity index is 1.73. The van der Waals surface area contributed by atoms with Crippen LogP contribution in [0.25, 0.3) is 0 Å². The number of benzene rings is 2. The molecule has 28 heavy (non-hydrogen) atoms. The number of esters is 1. The molecule has 0 amide bonds. The summed E-state index contributed by atoms with van der Waals surface area (Å²) in [6, 6.07) is 17.0. The van der Waals surface area contributed by atoms with Gasteiger partial charge in [-0.1, -0.05) is 30.3 Å². The van der Waals surface area contributed by atoms with Crippen LogP contribution in [0.1, 0.15) is 35.8 Å². The Hall–Kier alpha value is -3.61. The van der Waals surface area contributed by atoms with E-state index in [0.717, 1.165) is 11.3 Å². The molecule has 7 heteroatoms. The molecule has 1 aromatic heterocycles. The van der Waals surface area contributed by atoms with E-state index in [2.05, 4.69) is 20.6 Å². The summed E-state index contributed by atoms with van der Waals surface area (Å²) in [4.78, 5) is 20.2. The van der Waals surface area contributed by atoms with Gasteiger partial charge in [-0.15, -0.1) is 0 Å². The number of nitrogens with two attached hydrogens (primary N) is 1. The standard InChI is InChI=1S/C21H23N5O2/c1-3-28-21(27)16-9-11-17(12-10-16)26-20-18(22)19(23-13-24-20)25-14(2)15-7-5-4-6-8-15/h4-14H,3,22H2,1-2H3,(H2,23,24,25,26). The SMILES string of the molecule is CCOC(=O)c1ccc(Nc2ncnc(NC(C)c3ccccc3)c2N)cc1.